The van der Waals surface area contributed by atoms with E-state index in [4.69, 9.17) is 11.3 Å². The minimum Gasteiger partial charge on any atom is -0.469 e. The van der Waals surface area contributed by atoms with Gasteiger partial charge >= 0.3 is 5.97 Å². The summed E-state index contributed by atoms with van der Waals surface area (Å²) in [5, 5.41) is 10.7. The predicted octanol–water partition coefficient (Wildman–Crippen LogP) is 5.89. The van der Waals surface area contributed by atoms with Crippen molar-refractivity contribution in [3.63, 3.8) is 0 Å². The molecule has 0 aliphatic carbocycles. The van der Waals surface area contributed by atoms with Crippen molar-refractivity contribution < 1.29 is 14.3 Å². The Bertz CT molecular complexity index is 1230. The molecule has 1 saturated heterocycles. The molecule has 8 nitrogen and oxygen atoms in total. The molecule has 1 aliphatic rings. The van der Waals surface area contributed by atoms with Gasteiger partial charge in [-0.05, 0) is 99.4 Å². The number of methoxy groups -OCH3 is 1. The van der Waals surface area contributed by atoms with Crippen LogP contribution in [-0.4, -0.2) is 57.5 Å². The number of pyridine rings is 1. The Morgan fingerprint density at radius 1 is 0.933 bits per heavy atom. The van der Waals surface area contributed by atoms with E-state index >= 15 is 0 Å². The van der Waals surface area contributed by atoms with Crippen LogP contribution in [0.25, 0.3) is 4.85 Å². The van der Waals surface area contributed by atoms with Gasteiger partial charge < -0.3 is 25.4 Å². The number of hydrogen-bond donors (Lipinski definition) is 3. The van der Waals surface area contributed by atoms with Crippen LogP contribution in [0.2, 0.25) is 0 Å². The van der Waals surface area contributed by atoms with Crippen LogP contribution in [0.1, 0.15) is 55.0 Å². The average Bonchev–Trinajstić information content (AvgIpc) is 3.08. The maximum Gasteiger partial charge on any atom is 0.308 e. The summed E-state index contributed by atoms with van der Waals surface area (Å²) in [5.74, 6) is 0.371. The lowest BCUT2D eigenvalue weighted by Gasteiger charge is -2.19. The zero-order chi connectivity index (χ0) is 32.0. The zero-order valence-electron chi connectivity index (χ0n) is 27.1. The van der Waals surface area contributed by atoms with Crippen LogP contribution < -0.4 is 16.0 Å². The number of aromatic nitrogens is 1. The summed E-state index contributed by atoms with van der Waals surface area (Å²) in [5.41, 5.74) is 5.51. The topological polar surface area (TPSA) is 88.9 Å². The largest absolute Gasteiger partial charge is 0.469 e. The van der Waals surface area contributed by atoms with E-state index in [1.165, 1.54) is 31.1 Å². The first-order valence-electron chi connectivity index (χ1n) is 16.3. The van der Waals surface area contributed by atoms with Crippen LogP contribution in [0, 0.1) is 18.4 Å². The second-order valence-corrected chi connectivity index (χ2v) is 11.6. The summed E-state index contributed by atoms with van der Waals surface area (Å²) in [4.78, 5) is 18.8. The summed E-state index contributed by atoms with van der Waals surface area (Å²) in [7, 11) is 1.39. The Morgan fingerprint density at radius 3 is 2.18 bits per heavy atom. The van der Waals surface area contributed by atoms with E-state index < -0.39 is 0 Å². The number of carbonyl (C=O) groups excluding carboxylic acids is 1. The number of nitrogens with one attached hydrogen (secondary N) is 3. The summed E-state index contributed by atoms with van der Waals surface area (Å²) in [6.07, 6.45) is 8.32. The van der Waals surface area contributed by atoms with Crippen LogP contribution in [0.15, 0.2) is 72.9 Å². The molecule has 1 aliphatic heterocycles. The van der Waals surface area contributed by atoms with Crippen molar-refractivity contribution >= 4 is 11.7 Å². The second-order valence-electron chi connectivity index (χ2n) is 11.6. The normalized spacial score (nSPS) is 15.8. The average molecular weight is 614 g/mol. The number of benzene rings is 2. The molecule has 0 bridgehead atoms. The first kappa shape index (κ1) is 35.9. The van der Waals surface area contributed by atoms with Crippen LogP contribution in [0.3, 0.4) is 0 Å². The van der Waals surface area contributed by atoms with Crippen LogP contribution in [-0.2, 0) is 40.2 Å². The van der Waals surface area contributed by atoms with E-state index in [-0.39, 0.29) is 11.9 Å². The summed E-state index contributed by atoms with van der Waals surface area (Å²) >= 11 is 0. The molecule has 0 amide bonds. The van der Waals surface area contributed by atoms with Crippen LogP contribution in [0.4, 0.5) is 5.69 Å². The molecule has 1 unspecified atom stereocenters. The smallest absolute Gasteiger partial charge is 0.308 e. The number of nitrogens with zero attached hydrogens (tertiary/aromatic N) is 2. The molecule has 4 rings (SSSR count). The maximum absolute atomic E-state index is 11.2. The molecule has 45 heavy (non-hydrogen) atoms. The minimum absolute atomic E-state index is 0.145. The molecule has 2 heterocycles. The fraction of sp³-hybridized carbons (Fsp3) is 0.486. The number of hydrogen-bond acceptors (Lipinski definition) is 7. The first-order valence-corrected chi connectivity index (χ1v) is 16.3. The lowest BCUT2D eigenvalue weighted by Crippen LogP contribution is -2.25. The van der Waals surface area contributed by atoms with Crippen molar-refractivity contribution in [3.8, 4) is 0 Å². The molecule has 0 radical (unpaired) electrons. The van der Waals surface area contributed by atoms with E-state index in [9.17, 15) is 4.79 Å². The fourth-order valence-corrected chi connectivity index (χ4v) is 5.22. The van der Waals surface area contributed by atoms with Crippen LogP contribution in [0.5, 0.6) is 0 Å². The monoisotopic (exact) mass is 613 g/mol. The molecule has 242 valence electrons. The summed E-state index contributed by atoms with van der Waals surface area (Å²) in [6.45, 7) is 16.4. The van der Waals surface area contributed by atoms with Crippen molar-refractivity contribution in [2.75, 3.05) is 46.5 Å². The number of carbonyl (C=O) groups is 1. The van der Waals surface area contributed by atoms with Gasteiger partial charge in [-0.25, -0.2) is 4.85 Å². The van der Waals surface area contributed by atoms with Gasteiger partial charge in [0.05, 0.1) is 25.3 Å². The van der Waals surface area contributed by atoms with Gasteiger partial charge in [-0.2, -0.15) is 0 Å². The van der Waals surface area contributed by atoms with Gasteiger partial charge in [0.1, 0.15) is 0 Å². The number of rotatable bonds is 9. The molecule has 3 aromatic rings. The van der Waals surface area contributed by atoms with Crippen molar-refractivity contribution in [1.29, 1.82) is 0 Å². The Labute approximate surface area is 270 Å². The third-order valence-electron chi connectivity index (χ3n) is 7.86. The maximum atomic E-state index is 11.2. The van der Waals surface area contributed by atoms with Gasteiger partial charge in [-0.15, -0.1) is 0 Å². The molecular formula is C37H51N5O3. The van der Waals surface area contributed by atoms with Gasteiger partial charge in [0.15, 0.2) is 5.69 Å². The highest BCUT2D eigenvalue weighted by Crippen LogP contribution is 2.17. The number of ether oxygens (including phenoxy) is 2. The Morgan fingerprint density at radius 2 is 1.58 bits per heavy atom. The summed E-state index contributed by atoms with van der Waals surface area (Å²) in [6, 6.07) is 22.4. The lowest BCUT2D eigenvalue weighted by atomic mass is 9.92. The predicted molar refractivity (Wildman–Crippen MR) is 181 cm³/mol. The third-order valence-corrected chi connectivity index (χ3v) is 7.86. The van der Waals surface area contributed by atoms with Gasteiger partial charge in [-0.3, -0.25) is 9.78 Å². The molecule has 3 N–H and O–H groups in total. The third kappa shape index (κ3) is 15.3. The molecule has 2 aromatic carbocycles. The quantitative estimate of drug-likeness (QED) is 0.205. The van der Waals surface area contributed by atoms with E-state index in [0.717, 1.165) is 88.9 Å². The van der Waals surface area contributed by atoms with E-state index in [0.29, 0.717) is 12.1 Å². The molecular weight excluding hydrogens is 562 g/mol. The Hall–Kier alpha value is -3.61. The fourth-order valence-electron chi connectivity index (χ4n) is 5.22. The zero-order valence-corrected chi connectivity index (χ0v) is 27.1. The molecule has 1 fully saturated rings. The molecule has 0 saturated carbocycles. The number of esters is 1. The molecule has 8 heteroatoms. The molecule has 0 spiro atoms. The van der Waals surface area contributed by atoms with Gasteiger partial charge in [0.25, 0.3) is 0 Å². The molecule has 1 atom stereocenters. The second kappa shape index (κ2) is 22.0. The van der Waals surface area contributed by atoms with Gasteiger partial charge in [0, 0.05) is 32.5 Å². The van der Waals surface area contributed by atoms with Gasteiger partial charge in [0.2, 0.25) is 0 Å². The van der Waals surface area contributed by atoms with Crippen molar-refractivity contribution in [3.05, 3.63) is 107 Å². The standard InChI is InChI=1S/C25H38N4O.C12H13NO2/c1-2-14-29-25(5-1)21-28-20-24-8-6-22(7-9-24)19-23-10-15-26-12-3-17-30-18-4-13-27-16-11-23;1-9(12(14)15-3)8-10-4-6-11(13-2)7-5-10/h1-2,5-9,14,23,26-28H,3-4,10-13,15-21H2;4-7,9H,8H2,1,3H3. The van der Waals surface area contributed by atoms with Gasteiger partial charge in [-0.1, -0.05) is 61.5 Å². The van der Waals surface area contributed by atoms with Crippen molar-refractivity contribution in [2.45, 2.75) is 58.5 Å². The van der Waals surface area contributed by atoms with Crippen molar-refractivity contribution in [2.24, 2.45) is 11.8 Å². The SMILES string of the molecule is [C-]#[N+]c1ccc(CC(C)C(=O)OC)cc1.c1ccc(CNCc2ccc(CC3CCNCCCOCCCNCC3)cc2)nc1. The Kier molecular flexibility index (Phi) is 17.5. The molecule has 1 aromatic heterocycles. The van der Waals surface area contributed by atoms with Crippen LogP contribution >= 0.6 is 0 Å². The van der Waals surface area contributed by atoms with E-state index in [1.54, 1.807) is 12.1 Å². The highest BCUT2D eigenvalue weighted by molar-refractivity contribution is 5.72. The Balaban J connectivity index is 0.000000309. The first-order chi connectivity index (χ1) is 22.1. The summed E-state index contributed by atoms with van der Waals surface area (Å²) < 4.78 is 10.3. The van der Waals surface area contributed by atoms with E-state index in [1.807, 2.05) is 37.4 Å². The van der Waals surface area contributed by atoms with Crippen molar-refractivity contribution in [1.82, 2.24) is 20.9 Å². The highest BCUT2D eigenvalue weighted by atomic mass is 16.5. The minimum atomic E-state index is -0.204. The lowest BCUT2D eigenvalue weighted by molar-refractivity contribution is -0.144. The highest BCUT2D eigenvalue weighted by Gasteiger charge is 2.13. The van der Waals surface area contributed by atoms with E-state index in [2.05, 4.69) is 60.8 Å².